The summed E-state index contributed by atoms with van der Waals surface area (Å²) >= 11 is 0. The van der Waals surface area contributed by atoms with Gasteiger partial charge in [0.2, 0.25) is 0 Å². The SMILES string of the molecule is CCC(C)CN(C(N)=O)c1ccccc1. The number of para-hydroxylation sites is 1. The van der Waals surface area contributed by atoms with Crippen molar-refractivity contribution in [2.45, 2.75) is 20.3 Å². The van der Waals surface area contributed by atoms with Crippen LogP contribution in [-0.2, 0) is 0 Å². The second kappa shape index (κ2) is 5.39. The van der Waals surface area contributed by atoms with Crippen molar-refractivity contribution in [1.29, 1.82) is 0 Å². The molecule has 2 amide bonds. The third-order valence-electron chi connectivity index (χ3n) is 2.53. The zero-order valence-corrected chi connectivity index (χ0v) is 9.31. The van der Waals surface area contributed by atoms with Crippen LogP contribution in [0, 0.1) is 5.92 Å². The van der Waals surface area contributed by atoms with Gasteiger partial charge in [0.1, 0.15) is 0 Å². The minimum absolute atomic E-state index is 0.387. The first-order chi connectivity index (χ1) is 7.15. The molecular weight excluding hydrogens is 188 g/mol. The molecule has 0 radical (unpaired) electrons. The molecule has 1 atom stereocenters. The maximum absolute atomic E-state index is 11.3. The van der Waals surface area contributed by atoms with Crippen molar-refractivity contribution < 1.29 is 4.79 Å². The Labute approximate surface area is 90.9 Å². The summed E-state index contributed by atoms with van der Waals surface area (Å²) in [5.74, 6) is 0.456. The highest BCUT2D eigenvalue weighted by molar-refractivity contribution is 5.90. The van der Waals surface area contributed by atoms with Crippen LogP contribution in [0.2, 0.25) is 0 Å². The van der Waals surface area contributed by atoms with Gasteiger partial charge in [-0.1, -0.05) is 38.5 Å². The van der Waals surface area contributed by atoms with Crippen molar-refractivity contribution in [3.63, 3.8) is 0 Å². The molecule has 0 aromatic heterocycles. The maximum Gasteiger partial charge on any atom is 0.319 e. The van der Waals surface area contributed by atoms with Crippen LogP contribution in [0.15, 0.2) is 30.3 Å². The molecule has 0 aliphatic heterocycles. The highest BCUT2D eigenvalue weighted by Gasteiger charge is 2.14. The smallest absolute Gasteiger partial charge is 0.319 e. The van der Waals surface area contributed by atoms with Crippen LogP contribution in [-0.4, -0.2) is 12.6 Å². The molecule has 1 rings (SSSR count). The summed E-state index contributed by atoms with van der Waals surface area (Å²) in [5.41, 5.74) is 6.22. The quantitative estimate of drug-likeness (QED) is 0.808. The third-order valence-corrected chi connectivity index (χ3v) is 2.53. The topological polar surface area (TPSA) is 46.3 Å². The Morgan fingerprint density at radius 1 is 1.40 bits per heavy atom. The number of rotatable bonds is 4. The van der Waals surface area contributed by atoms with Gasteiger partial charge in [-0.15, -0.1) is 0 Å². The number of nitrogens with two attached hydrogens (primary N) is 1. The number of hydrogen-bond acceptors (Lipinski definition) is 1. The second-order valence-electron chi connectivity index (χ2n) is 3.80. The maximum atomic E-state index is 11.3. The molecule has 3 nitrogen and oxygen atoms in total. The van der Waals surface area contributed by atoms with E-state index < -0.39 is 0 Å². The average molecular weight is 206 g/mol. The van der Waals surface area contributed by atoms with E-state index in [2.05, 4.69) is 13.8 Å². The van der Waals surface area contributed by atoms with Crippen LogP contribution < -0.4 is 10.6 Å². The number of carbonyl (C=O) groups is 1. The predicted octanol–water partition coefficient (Wildman–Crippen LogP) is 2.62. The van der Waals surface area contributed by atoms with E-state index in [0.717, 1.165) is 12.1 Å². The monoisotopic (exact) mass is 206 g/mol. The normalized spacial score (nSPS) is 12.1. The molecule has 0 saturated carbocycles. The highest BCUT2D eigenvalue weighted by atomic mass is 16.2. The molecule has 0 spiro atoms. The minimum atomic E-state index is -0.387. The van der Waals surface area contributed by atoms with E-state index in [1.165, 1.54) is 0 Å². The fourth-order valence-corrected chi connectivity index (χ4v) is 1.37. The lowest BCUT2D eigenvalue weighted by atomic mass is 10.1. The van der Waals surface area contributed by atoms with E-state index in [1.54, 1.807) is 4.90 Å². The summed E-state index contributed by atoms with van der Waals surface area (Å²) < 4.78 is 0. The number of anilines is 1. The Morgan fingerprint density at radius 3 is 2.47 bits per heavy atom. The summed E-state index contributed by atoms with van der Waals surface area (Å²) in [6.07, 6.45) is 1.04. The fourth-order valence-electron chi connectivity index (χ4n) is 1.37. The van der Waals surface area contributed by atoms with Crippen molar-refractivity contribution in [2.24, 2.45) is 11.7 Å². The highest BCUT2D eigenvalue weighted by Crippen LogP contribution is 2.15. The summed E-state index contributed by atoms with van der Waals surface area (Å²) in [6, 6.07) is 9.14. The average Bonchev–Trinajstić information content (AvgIpc) is 2.26. The van der Waals surface area contributed by atoms with Crippen molar-refractivity contribution in [3.8, 4) is 0 Å². The fraction of sp³-hybridized carbons (Fsp3) is 0.417. The number of nitrogens with zero attached hydrogens (tertiary/aromatic N) is 1. The largest absolute Gasteiger partial charge is 0.351 e. The minimum Gasteiger partial charge on any atom is -0.351 e. The Bertz CT molecular complexity index is 311. The van der Waals surface area contributed by atoms with Crippen LogP contribution in [0.1, 0.15) is 20.3 Å². The first-order valence-corrected chi connectivity index (χ1v) is 5.27. The number of carbonyl (C=O) groups excluding carboxylic acids is 1. The number of amides is 2. The zero-order valence-electron chi connectivity index (χ0n) is 9.31. The molecule has 1 aromatic rings. The zero-order chi connectivity index (χ0) is 11.3. The number of benzene rings is 1. The molecule has 0 aliphatic rings. The molecule has 0 heterocycles. The van der Waals surface area contributed by atoms with Crippen molar-refractivity contribution in [2.75, 3.05) is 11.4 Å². The first kappa shape index (κ1) is 11.6. The van der Waals surface area contributed by atoms with Crippen LogP contribution in [0.25, 0.3) is 0 Å². The lowest BCUT2D eigenvalue weighted by molar-refractivity contribution is 0.253. The Balaban J connectivity index is 2.80. The molecule has 15 heavy (non-hydrogen) atoms. The molecule has 3 heteroatoms. The summed E-state index contributed by atoms with van der Waals surface area (Å²) in [6.45, 7) is 4.89. The van der Waals surface area contributed by atoms with Gasteiger partial charge in [-0.3, -0.25) is 4.90 Å². The van der Waals surface area contributed by atoms with E-state index in [-0.39, 0.29) is 6.03 Å². The van der Waals surface area contributed by atoms with Gasteiger partial charge in [0.15, 0.2) is 0 Å². The van der Waals surface area contributed by atoms with Gasteiger partial charge >= 0.3 is 6.03 Å². The first-order valence-electron chi connectivity index (χ1n) is 5.27. The summed E-state index contributed by atoms with van der Waals surface area (Å²) in [5, 5.41) is 0. The second-order valence-corrected chi connectivity index (χ2v) is 3.80. The lowest BCUT2D eigenvalue weighted by Crippen LogP contribution is -2.38. The van der Waals surface area contributed by atoms with Crippen molar-refractivity contribution in [1.82, 2.24) is 0 Å². The van der Waals surface area contributed by atoms with Crippen LogP contribution in [0.3, 0.4) is 0 Å². The molecule has 0 bridgehead atoms. The molecule has 0 fully saturated rings. The summed E-state index contributed by atoms with van der Waals surface area (Å²) in [4.78, 5) is 12.9. The van der Waals surface area contributed by atoms with Crippen molar-refractivity contribution >= 4 is 11.7 Å². The standard InChI is InChI=1S/C12H18N2O/c1-3-10(2)9-14(12(13)15)11-7-5-4-6-8-11/h4-8,10H,3,9H2,1-2H3,(H2,13,15). The molecule has 1 aromatic carbocycles. The number of hydrogen-bond donors (Lipinski definition) is 1. The molecule has 2 N–H and O–H groups in total. The molecule has 1 unspecified atom stereocenters. The molecule has 0 saturated heterocycles. The van der Waals surface area contributed by atoms with Gasteiger partial charge in [-0.05, 0) is 18.1 Å². The number of urea groups is 1. The third kappa shape index (κ3) is 3.27. The molecular formula is C12H18N2O. The van der Waals surface area contributed by atoms with E-state index in [0.29, 0.717) is 12.5 Å². The van der Waals surface area contributed by atoms with Crippen LogP contribution >= 0.6 is 0 Å². The van der Waals surface area contributed by atoms with Crippen molar-refractivity contribution in [3.05, 3.63) is 30.3 Å². The lowest BCUT2D eigenvalue weighted by Gasteiger charge is -2.23. The van der Waals surface area contributed by atoms with Gasteiger partial charge in [0, 0.05) is 12.2 Å². The Kier molecular flexibility index (Phi) is 4.16. The van der Waals surface area contributed by atoms with Gasteiger partial charge in [-0.2, -0.15) is 0 Å². The van der Waals surface area contributed by atoms with Gasteiger partial charge in [0.05, 0.1) is 0 Å². The Morgan fingerprint density at radius 2 is 2.00 bits per heavy atom. The van der Waals surface area contributed by atoms with Gasteiger partial charge < -0.3 is 5.73 Å². The van der Waals surface area contributed by atoms with E-state index in [9.17, 15) is 4.79 Å². The summed E-state index contributed by atoms with van der Waals surface area (Å²) in [7, 11) is 0. The predicted molar refractivity (Wildman–Crippen MR) is 62.8 cm³/mol. The van der Waals surface area contributed by atoms with E-state index in [4.69, 9.17) is 5.73 Å². The molecule has 82 valence electrons. The van der Waals surface area contributed by atoms with E-state index >= 15 is 0 Å². The number of primary amides is 1. The van der Waals surface area contributed by atoms with Gasteiger partial charge in [-0.25, -0.2) is 4.79 Å². The molecule has 0 aliphatic carbocycles. The van der Waals surface area contributed by atoms with Gasteiger partial charge in [0.25, 0.3) is 0 Å². The Hall–Kier alpha value is -1.51. The van der Waals surface area contributed by atoms with Crippen LogP contribution in [0.4, 0.5) is 10.5 Å². The van der Waals surface area contributed by atoms with Crippen LogP contribution in [0.5, 0.6) is 0 Å². The van der Waals surface area contributed by atoms with E-state index in [1.807, 2.05) is 30.3 Å².